The average molecular weight is 344 g/mol. The van der Waals surface area contributed by atoms with E-state index in [0.29, 0.717) is 11.3 Å². The summed E-state index contributed by atoms with van der Waals surface area (Å²) in [5, 5.41) is 18.0. The zero-order valence-corrected chi connectivity index (χ0v) is 14.0. The number of anilines is 1. The summed E-state index contributed by atoms with van der Waals surface area (Å²) < 4.78 is 5.26. The van der Waals surface area contributed by atoms with Gasteiger partial charge in [0.1, 0.15) is 5.75 Å². The van der Waals surface area contributed by atoms with Crippen molar-refractivity contribution in [1.82, 2.24) is 5.43 Å². The molecule has 24 heavy (non-hydrogen) atoms. The lowest BCUT2D eigenvalue weighted by atomic mass is 10.2. The number of nitro benzene ring substituents is 1. The largest absolute Gasteiger partial charge is 0.495 e. The zero-order valence-electron chi connectivity index (χ0n) is 13.1. The first kappa shape index (κ1) is 17.4. The van der Waals surface area contributed by atoms with Crippen molar-refractivity contribution >= 4 is 34.9 Å². The standard InChI is InChI=1S/C16H16N4O3S/c1-11-6-7-15(23-2)14(8-11)18-16(24)19-17-10-12-4-3-5-13(9-12)20(21)22/h3-10H,1-2H3,(H2,18,19,24)/b17-10-. The van der Waals surface area contributed by atoms with Gasteiger partial charge in [-0.05, 0) is 36.8 Å². The van der Waals surface area contributed by atoms with Gasteiger partial charge < -0.3 is 10.1 Å². The highest BCUT2D eigenvalue weighted by Gasteiger charge is 2.05. The Labute approximate surface area is 144 Å². The van der Waals surface area contributed by atoms with E-state index in [1.165, 1.54) is 18.3 Å². The van der Waals surface area contributed by atoms with E-state index in [4.69, 9.17) is 17.0 Å². The number of ether oxygens (including phenoxy) is 1. The predicted molar refractivity (Wildman–Crippen MR) is 97.8 cm³/mol. The Hall–Kier alpha value is -3.00. The molecule has 8 heteroatoms. The van der Waals surface area contributed by atoms with Gasteiger partial charge in [0, 0.05) is 17.7 Å². The molecule has 2 rings (SSSR count). The van der Waals surface area contributed by atoms with E-state index >= 15 is 0 Å². The highest BCUT2D eigenvalue weighted by molar-refractivity contribution is 7.80. The topological polar surface area (TPSA) is 88.8 Å². The molecule has 0 bridgehead atoms. The van der Waals surface area contributed by atoms with Crippen LogP contribution >= 0.6 is 12.2 Å². The van der Waals surface area contributed by atoms with Gasteiger partial charge in [-0.15, -0.1) is 0 Å². The Bertz CT molecular complexity index is 793. The highest BCUT2D eigenvalue weighted by atomic mass is 32.1. The van der Waals surface area contributed by atoms with Crippen molar-refractivity contribution in [3.05, 3.63) is 63.7 Å². The fraction of sp³-hybridized carbons (Fsp3) is 0.125. The number of non-ortho nitro benzene ring substituents is 1. The number of aryl methyl sites for hydroxylation is 1. The molecule has 2 N–H and O–H groups in total. The van der Waals surface area contributed by atoms with Gasteiger partial charge in [0.05, 0.1) is 23.9 Å². The van der Waals surface area contributed by atoms with Crippen LogP contribution in [0.4, 0.5) is 11.4 Å². The molecule has 0 heterocycles. The van der Waals surface area contributed by atoms with Crippen LogP contribution in [0.15, 0.2) is 47.6 Å². The second-order valence-electron chi connectivity index (χ2n) is 4.88. The summed E-state index contributed by atoms with van der Waals surface area (Å²) in [6.45, 7) is 1.96. The number of nitrogens with zero attached hydrogens (tertiary/aromatic N) is 2. The Morgan fingerprint density at radius 2 is 2.12 bits per heavy atom. The van der Waals surface area contributed by atoms with Crippen LogP contribution in [0.2, 0.25) is 0 Å². The SMILES string of the molecule is COc1ccc(C)cc1NC(=S)N/N=C\c1cccc([N+](=O)[O-])c1. The molecule has 0 atom stereocenters. The normalized spacial score (nSPS) is 10.4. The molecule has 2 aromatic rings. The van der Waals surface area contributed by atoms with E-state index in [-0.39, 0.29) is 10.8 Å². The summed E-state index contributed by atoms with van der Waals surface area (Å²) in [6.07, 6.45) is 1.45. The van der Waals surface area contributed by atoms with Gasteiger partial charge in [-0.1, -0.05) is 18.2 Å². The molecule has 2 aromatic carbocycles. The molecular weight excluding hydrogens is 328 g/mol. The highest BCUT2D eigenvalue weighted by Crippen LogP contribution is 2.24. The molecule has 0 spiro atoms. The Balaban J connectivity index is 1.99. The molecule has 0 aliphatic rings. The number of hydrogen-bond donors (Lipinski definition) is 2. The van der Waals surface area contributed by atoms with Crippen molar-refractivity contribution in [2.45, 2.75) is 6.92 Å². The first-order chi connectivity index (χ1) is 11.5. The number of hydrazone groups is 1. The number of benzene rings is 2. The molecule has 0 amide bonds. The third kappa shape index (κ3) is 4.75. The summed E-state index contributed by atoms with van der Waals surface area (Å²) in [6, 6.07) is 11.8. The van der Waals surface area contributed by atoms with Crippen molar-refractivity contribution in [2.75, 3.05) is 12.4 Å². The number of hydrogen-bond acceptors (Lipinski definition) is 5. The summed E-state index contributed by atoms with van der Waals surface area (Å²) >= 11 is 5.17. The number of nitro groups is 1. The summed E-state index contributed by atoms with van der Waals surface area (Å²) in [7, 11) is 1.58. The third-order valence-electron chi connectivity index (χ3n) is 3.06. The van der Waals surface area contributed by atoms with E-state index in [0.717, 1.165) is 11.3 Å². The Kier molecular flexibility index (Phi) is 5.80. The molecule has 0 radical (unpaired) electrons. The summed E-state index contributed by atoms with van der Waals surface area (Å²) in [5.74, 6) is 0.660. The van der Waals surface area contributed by atoms with Gasteiger partial charge in [-0.25, -0.2) is 0 Å². The minimum Gasteiger partial charge on any atom is -0.495 e. The lowest BCUT2D eigenvalue weighted by Crippen LogP contribution is -2.24. The van der Waals surface area contributed by atoms with Crippen molar-refractivity contribution in [2.24, 2.45) is 5.10 Å². The average Bonchev–Trinajstić information content (AvgIpc) is 2.55. The van der Waals surface area contributed by atoms with E-state index in [1.54, 1.807) is 19.2 Å². The molecule has 0 saturated heterocycles. The van der Waals surface area contributed by atoms with Crippen LogP contribution in [0.5, 0.6) is 5.75 Å². The number of thiocarbonyl (C=S) groups is 1. The van der Waals surface area contributed by atoms with Crippen LogP contribution in [-0.2, 0) is 0 Å². The van der Waals surface area contributed by atoms with Gasteiger partial charge in [0.2, 0.25) is 0 Å². The van der Waals surface area contributed by atoms with E-state index < -0.39 is 4.92 Å². The number of methoxy groups -OCH3 is 1. The molecule has 0 aromatic heterocycles. The molecular formula is C16H16N4O3S. The smallest absolute Gasteiger partial charge is 0.270 e. The molecule has 0 aliphatic carbocycles. The fourth-order valence-corrected chi connectivity index (χ4v) is 2.12. The Morgan fingerprint density at radius 3 is 2.83 bits per heavy atom. The first-order valence-electron chi connectivity index (χ1n) is 6.99. The minimum absolute atomic E-state index is 0.00384. The molecule has 0 fully saturated rings. The second kappa shape index (κ2) is 8.02. The molecule has 7 nitrogen and oxygen atoms in total. The van der Waals surface area contributed by atoms with Gasteiger partial charge in [0.15, 0.2) is 5.11 Å². The lowest BCUT2D eigenvalue weighted by Gasteiger charge is -2.12. The van der Waals surface area contributed by atoms with E-state index in [2.05, 4.69) is 15.8 Å². The zero-order chi connectivity index (χ0) is 17.5. The van der Waals surface area contributed by atoms with Gasteiger partial charge in [0.25, 0.3) is 5.69 Å². The van der Waals surface area contributed by atoms with Crippen molar-refractivity contribution in [3.63, 3.8) is 0 Å². The fourth-order valence-electron chi connectivity index (χ4n) is 1.95. The summed E-state index contributed by atoms with van der Waals surface area (Å²) in [5.41, 5.74) is 5.04. The predicted octanol–water partition coefficient (Wildman–Crippen LogP) is 3.23. The molecule has 124 valence electrons. The van der Waals surface area contributed by atoms with Crippen molar-refractivity contribution < 1.29 is 9.66 Å². The van der Waals surface area contributed by atoms with Crippen molar-refractivity contribution in [3.8, 4) is 5.75 Å². The molecule has 0 unspecified atom stereocenters. The van der Waals surface area contributed by atoms with Crippen LogP contribution in [-0.4, -0.2) is 23.4 Å². The van der Waals surface area contributed by atoms with Crippen LogP contribution in [0.3, 0.4) is 0 Å². The molecule has 0 saturated carbocycles. The minimum atomic E-state index is -0.457. The van der Waals surface area contributed by atoms with Gasteiger partial charge in [-0.3, -0.25) is 15.5 Å². The number of rotatable bonds is 5. The maximum absolute atomic E-state index is 10.7. The maximum atomic E-state index is 10.7. The molecule has 0 aliphatic heterocycles. The quantitative estimate of drug-likeness (QED) is 0.375. The van der Waals surface area contributed by atoms with Gasteiger partial charge in [-0.2, -0.15) is 5.10 Å². The van der Waals surface area contributed by atoms with Crippen LogP contribution in [0.1, 0.15) is 11.1 Å². The third-order valence-corrected chi connectivity index (χ3v) is 3.26. The monoisotopic (exact) mass is 344 g/mol. The van der Waals surface area contributed by atoms with Crippen LogP contribution < -0.4 is 15.5 Å². The summed E-state index contributed by atoms with van der Waals surface area (Å²) in [4.78, 5) is 10.3. The first-order valence-corrected chi connectivity index (χ1v) is 7.39. The second-order valence-corrected chi connectivity index (χ2v) is 5.29. The van der Waals surface area contributed by atoms with E-state index in [1.807, 2.05) is 25.1 Å². The van der Waals surface area contributed by atoms with Crippen molar-refractivity contribution in [1.29, 1.82) is 0 Å². The van der Waals surface area contributed by atoms with E-state index in [9.17, 15) is 10.1 Å². The number of nitrogens with one attached hydrogen (secondary N) is 2. The maximum Gasteiger partial charge on any atom is 0.270 e. The van der Waals surface area contributed by atoms with Gasteiger partial charge >= 0.3 is 0 Å². The van der Waals surface area contributed by atoms with Crippen LogP contribution in [0, 0.1) is 17.0 Å². The van der Waals surface area contributed by atoms with Crippen LogP contribution in [0.25, 0.3) is 0 Å². The lowest BCUT2D eigenvalue weighted by molar-refractivity contribution is -0.384. The Morgan fingerprint density at radius 1 is 1.33 bits per heavy atom.